The average molecular weight is 472 g/mol. The summed E-state index contributed by atoms with van der Waals surface area (Å²) < 4.78 is 7.47. The van der Waals surface area contributed by atoms with Crippen LogP contribution < -0.4 is 5.56 Å². The summed E-state index contributed by atoms with van der Waals surface area (Å²) in [5.41, 5.74) is 4.82. The molecule has 3 heterocycles. The zero-order valence-corrected chi connectivity index (χ0v) is 20.9. The summed E-state index contributed by atoms with van der Waals surface area (Å²) in [5.74, 6) is 0.433. The van der Waals surface area contributed by atoms with Crippen molar-refractivity contribution < 1.29 is 4.42 Å². The molecule has 0 saturated carbocycles. The normalized spacial score (nSPS) is 17.3. The van der Waals surface area contributed by atoms with E-state index in [0.717, 1.165) is 48.4 Å². The minimum absolute atomic E-state index is 0.122. The summed E-state index contributed by atoms with van der Waals surface area (Å²) >= 11 is 0. The zero-order valence-electron chi connectivity index (χ0n) is 20.9. The molecule has 0 N–H and O–H groups in total. The predicted octanol–water partition coefficient (Wildman–Crippen LogP) is 4.95. The number of hydrazone groups is 1. The highest BCUT2D eigenvalue weighted by Crippen LogP contribution is 2.25. The Morgan fingerprint density at radius 2 is 2.09 bits per heavy atom. The van der Waals surface area contributed by atoms with Crippen molar-refractivity contribution in [2.24, 2.45) is 5.10 Å². The molecule has 0 fully saturated rings. The molecule has 0 aliphatic carbocycles. The summed E-state index contributed by atoms with van der Waals surface area (Å²) in [6.07, 6.45) is 10.3. The topological polar surface area (TPSA) is 66.9 Å². The Labute approximate surface area is 206 Å². The van der Waals surface area contributed by atoms with Crippen LogP contribution in [0.3, 0.4) is 0 Å². The molecule has 1 aliphatic heterocycles. The number of benzene rings is 1. The van der Waals surface area contributed by atoms with E-state index in [1.54, 1.807) is 22.9 Å². The van der Waals surface area contributed by atoms with Gasteiger partial charge in [0.05, 0.1) is 12.3 Å². The van der Waals surface area contributed by atoms with Crippen LogP contribution >= 0.6 is 0 Å². The van der Waals surface area contributed by atoms with E-state index < -0.39 is 0 Å². The molecule has 7 heteroatoms. The first-order chi connectivity index (χ1) is 16.9. The Morgan fingerprint density at radius 3 is 2.83 bits per heavy atom. The van der Waals surface area contributed by atoms with Crippen LogP contribution in [-0.2, 0) is 0 Å². The lowest BCUT2D eigenvalue weighted by Crippen LogP contribution is -2.34. The average Bonchev–Trinajstić information content (AvgIpc) is 3.40. The van der Waals surface area contributed by atoms with E-state index in [0.29, 0.717) is 17.0 Å². The number of oxazole rings is 1. The molecule has 0 spiro atoms. The number of fused-ring (bicyclic) bond motifs is 1. The van der Waals surface area contributed by atoms with Gasteiger partial charge in [-0.15, -0.1) is 0 Å². The SMILES string of the molecule is C=C/C=C(\C=C1\C=NN(CCN(C)CCC)C1C)n1ccc(-c2nc3cc(C)ccc3o2)cc1=O. The highest BCUT2D eigenvalue weighted by molar-refractivity contribution is 5.85. The number of nitrogens with zero attached hydrogens (tertiary/aromatic N) is 5. The van der Waals surface area contributed by atoms with Gasteiger partial charge < -0.3 is 9.32 Å². The lowest BCUT2D eigenvalue weighted by atomic mass is 10.1. The Kier molecular flexibility index (Phi) is 7.46. The van der Waals surface area contributed by atoms with Gasteiger partial charge in [-0.1, -0.05) is 25.6 Å². The van der Waals surface area contributed by atoms with E-state index in [-0.39, 0.29) is 11.6 Å². The van der Waals surface area contributed by atoms with Crippen molar-refractivity contribution in [1.29, 1.82) is 0 Å². The number of aryl methyl sites for hydroxylation is 1. The molecule has 0 radical (unpaired) electrons. The second kappa shape index (κ2) is 10.7. The molecule has 2 aromatic heterocycles. The maximum absolute atomic E-state index is 13.1. The molecule has 3 aromatic rings. The lowest BCUT2D eigenvalue weighted by Gasteiger charge is -2.24. The fourth-order valence-electron chi connectivity index (χ4n) is 4.17. The quantitative estimate of drug-likeness (QED) is 0.413. The standard InChI is InChI=1S/C28H33N5O2/c1-6-8-24(17-23-19-29-33(21(23)4)15-14-31(5)12-7-2)32-13-11-22(18-27(32)34)28-30-25-16-20(3)9-10-26(25)35-28/h6,8-11,13,16-19,21H,1,7,12,14-15H2,2-5H3/b23-17-,24-8+. The number of likely N-dealkylation sites (N-methyl/N-ethyl adjacent to an activating group) is 1. The van der Waals surface area contributed by atoms with E-state index in [2.05, 4.69) is 47.5 Å². The summed E-state index contributed by atoms with van der Waals surface area (Å²) in [6.45, 7) is 13.0. The second-order valence-electron chi connectivity index (χ2n) is 8.97. The van der Waals surface area contributed by atoms with Crippen molar-refractivity contribution in [2.45, 2.75) is 33.2 Å². The van der Waals surface area contributed by atoms with Gasteiger partial charge >= 0.3 is 0 Å². The smallest absolute Gasteiger partial charge is 0.255 e. The maximum Gasteiger partial charge on any atom is 0.255 e. The Bertz CT molecular complexity index is 1360. The van der Waals surface area contributed by atoms with Crippen molar-refractivity contribution in [1.82, 2.24) is 19.5 Å². The third-order valence-electron chi connectivity index (χ3n) is 6.19. The molecule has 1 aliphatic rings. The molecule has 1 atom stereocenters. The molecule has 1 aromatic carbocycles. The molecule has 0 bridgehead atoms. The van der Waals surface area contributed by atoms with Crippen LogP contribution in [0.5, 0.6) is 0 Å². The zero-order chi connectivity index (χ0) is 24.9. The summed E-state index contributed by atoms with van der Waals surface area (Å²) in [7, 11) is 2.13. The number of allylic oxidation sites excluding steroid dienone is 4. The van der Waals surface area contributed by atoms with Crippen molar-refractivity contribution in [3.8, 4) is 11.5 Å². The van der Waals surface area contributed by atoms with Crippen LogP contribution in [0.25, 0.3) is 28.3 Å². The number of hydrogen-bond donors (Lipinski definition) is 0. The van der Waals surface area contributed by atoms with Gasteiger partial charge in [0, 0.05) is 36.6 Å². The monoisotopic (exact) mass is 471 g/mol. The molecule has 182 valence electrons. The van der Waals surface area contributed by atoms with Gasteiger partial charge in [-0.05, 0) is 75.3 Å². The van der Waals surface area contributed by atoms with E-state index >= 15 is 0 Å². The van der Waals surface area contributed by atoms with Crippen molar-refractivity contribution >= 4 is 23.0 Å². The summed E-state index contributed by atoms with van der Waals surface area (Å²) in [5, 5.41) is 6.68. The third kappa shape index (κ3) is 5.52. The molecule has 4 rings (SSSR count). The predicted molar refractivity (Wildman–Crippen MR) is 143 cm³/mol. The van der Waals surface area contributed by atoms with Crippen molar-refractivity contribution in [2.75, 3.05) is 26.7 Å². The first-order valence-corrected chi connectivity index (χ1v) is 12.0. The molecule has 7 nitrogen and oxygen atoms in total. The molecule has 0 amide bonds. The number of rotatable bonds is 9. The van der Waals surface area contributed by atoms with Crippen molar-refractivity contribution in [3.05, 3.63) is 82.8 Å². The second-order valence-corrected chi connectivity index (χ2v) is 8.97. The van der Waals surface area contributed by atoms with Gasteiger partial charge in [-0.2, -0.15) is 5.10 Å². The fraction of sp³-hybridized carbons (Fsp3) is 0.321. The highest BCUT2D eigenvalue weighted by Gasteiger charge is 2.21. The Morgan fingerprint density at radius 1 is 1.26 bits per heavy atom. The molecule has 0 saturated heterocycles. The largest absolute Gasteiger partial charge is 0.436 e. The van der Waals surface area contributed by atoms with E-state index in [9.17, 15) is 4.79 Å². The highest BCUT2D eigenvalue weighted by atomic mass is 16.3. The van der Waals surface area contributed by atoms with Crippen molar-refractivity contribution in [3.63, 3.8) is 0 Å². The number of aromatic nitrogens is 2. The van der Waals surface area contributed by atoms with Crippen LogP contribution in [0.2, 0.25) is 0 Å². The van der Waals surface area contributed by atoms with Gasteiger partial charge in [0.15, 0.2) is 5.58 Å². The fourth-order valence-corrected chi connectivity index (χ4v) is 4.17. The number of pyridine rings is 1. The van der Waals surface area contributed by atoms with Crippen LogP contribution in [-0.4, -0.2) is 58.4 Å². The minimum Gasteiger partial charge on any atom is -0.436 e. The maximum atomic E-state index is 13.1. The van der Waals surface area contributed by atoms with Crippen LogP contribution in [0.15, 0.2) is 81.2 Å². The van der Waals surface area contributed by atoms with Crippen LogP contribution in [0.4, 0.5) is 0 Å². The van der Waals surface area contributed by atoms with E-state index in [4.69, 9.17) is 4.42 Å². The van der Waals surface area contributed by atoms with E-state index in [1.807, 2.05) is 49.6 Å². The molecule has 35 heavy (non-hydrogen) atoms. The van der Waals surface area contributed by atoms with Crippen LogP contribution in [0.1, 0.15) is 25.8 Å². The first-order valence-electron chi connectivity index (χ1n) is 12.0. The van der Waals surface area contributed by atoms with Gasteiger partial charge in [0.1, 0.15) is 5.52 Å². The van der Waals surface area contributed by atoms with Gasteiger partial charge in [0.2, 0.25) is 5.89 Å². The summed E-state index contributed by atoms with van der Waals surface area (Å²) in [4.78, 5) is 20.0. The lowest BCUT2D eigenvalue weighted by molar-refractivity contribution is 0.218. The first kappa shape index (κ1) is 24.4. The third-order valence-corrected chi connectivity index (χ3v) is 6.19. The minimum atomic E-state index is -0.175. The number of hydrogen-bond acceptors (Lipinski definition) is 6. The Hall–Kier alpha value is -3.71. The molecule has 1 unspecified atom stereocenters. The molecular formula is C28H33N5O2. The van der Waals surface area contributed by atoms with Crippen LogP contribution in [0, 0.1) is 6.92 Å². The summed E-state index contributed by atoms with van der Waals surface area (Å²) in [6, 6.07) is 9.36. The van der Waals surface area contributed by atoms with E-state index in [1.165, 1.54) is 0 Å². The van der Waals surface area contributed by atoms with Gasteiger partial charge in [-0.25, -0.2) is 4.98 Å². The van der Waals surface area contributed by atoms with Gasteiger partial charge in [-0.3, -0.25) is 14.4 Å². The van der Waals surface area contributed by atoms with Gasteiger partial charge in [0.25, 0.3) is 5.56 Å². The molecular weight excluding hydrogens is 438 g/mol. The Balaban J connectivity index is 1.56.